The Kier molecular flexibility index (Phi) is 5.93. The molecule has 23 heavy (non-hydrogen) atoms. The van der Waals surface area contributed by atoms with Gasteiger partial charge in [0.25, 0.3) is 11.8 Å². The van der Waals surface area contributed by atoms with E-state index in [9.17, 15) is 14.4 Å². The molecular formula is C17H26N2O4. The second-order valence-corrected chi connectivity index (χ2v) is 6.26. The average molecular weight is 322 g/mol. The van der Waals surface area contributed by atoms with E-state index < -0.39 is 23.9 Å². The Morgan fingerprint density at radius 3 is 2.35 bits per heavy atom. The van der Waals surface area contributed by atoms with Crippen LogP contribution < -0.4 is 0 Å². The summed E-state index contributed by atoms with van der Waals surface area (Å²) in [6, 6.07) is -0.908. The SMILES string of the molecule is CCCCN1C(=O)C(=C2CCCC2)C(=O)N(C(C)COC)C1=O. The molecule has 0 aromatic carbocycles. The van der Waals surface area contributed by atoms with Gasteiger partial charge in [-0.1, -0.05) is 18.9 Å². The van der Waals surface area contributed by atoms with Crippen LogP contribution in [0.15, 0.2) is 11.1 Å². The van der Waals surface area contributed by atoms with E-state index in [1.165, 1.54) is 16.9 Å². The molecule has 2 rings (SSSR count). The van der Waals surface area contributed by atoms with Crippen LogP contribution in [0.4, 0.5) is 4.79 Å². The van der Waals surface area contributed by atoms with Crippen LogP contribution >= 0.6 is 0 Å². The molecule has 1 saturated heterocycles. The van der Waals surface area contributed by atoms with E-state index in [0.717, 1.165) is 44.1 Å². The predicted octanol–water partition coefficient (Wildman–Crippen LogP) is 2.48. The lowest BCUT2D eigenvalue weighted by Gasteiger charge is -2.37. The highest BCUT2D eigenvalue weighted by molar-refractivity contribution is 6.29. The van der Waals surface area contributed by atoms with Gasteiger partial charge in [-0.2, -0.15) is 0 Å². The van der Waals surface area contributed by atoms with Crippen molar-refractivity contribution < 1.29 is 19.1 Å². The summed E-state index contributed by atoms with van der Waals surface area (Å²) in [6.45, 7) is 4.39. The molecule has 1 unspecified atom stereocenters. The molecule has 1 saturated carbocycles. The lowest BCUT2D eigenvalue weighted by molar-refractivity contribution is -0.137. The van der Waals surface area contributed by atoms with Gasteiger partial charge in [0.05, 0.1) is 12.6 Å². The number of barbiturate groups is 1. The van der Waals surface area contributed by atoms with E-state index in [1.807, 2.05) is 6.92 Å². The van der Waals surface area contributed by atoms with Crippen molar-refractivity contribution in [3.8, 4) is 0 Å². The first kappa shape index (κ1) is 17.7. The number of imide groups is 2. The van der Waals surface area contributed by atoms with Gasteiger partial charge in [0.1, 0.15) is 5.57 Å². The zero-order chi connectivity index (χ0) is 17.0. The summed E-state index contributed by atoms with van der Waals surface area (Å²) in [7, 11) is 1.53. The largest absolute Gasteiger partial charge is 0.383 e. The third-order valence-electron chi connectivity index (χ3n) is 4.47. The van der Waals surface area contributed by atoms with Crippen molar-refractivity contribution in [3.63, 3.8) is 0 Å². The van der Waals surface area contributed by atoms with E-state index >= 15 is 0 Å². The van der Waals surface area contributed by atoms with Gasteiger partial charge in [-0.15, -0.1) is 0 Å². The van der Waals surface area contributed by atoms with Crippen LogP contribution in [0.1, 0.15) is 52.4 Å². The maximum Gasteiger partial charge on any atom is 0.334 e. The molecule has 0 radical (unpaired) electrons. The van der Waals surface area contributed by atoms with E-state index in [2.05, 4.69) is 0 Å². The van der Waals surface area contributed by atoms with E-state index in [4.69, 9.17) is 4.74 Å². The lowest BCUT2D eigenvalue weighted by Crippen LogP contribution is -2.60. The molecule has 6 heteroatoms. The van der Waals surface area contributed by atoms with Crippen molar-refractivity contribution in [2.24, 2.45) is 0 Å². The van der Waals surface area contributed by atoms with E-state index in [0.29, 0.717) is 6.54 Å². The van der Waals surface area contributed by atoms with Crippen LogP contribution in [-0.2, 0) is 14.3 Å². The summed E-state index contributed by atoms with van der Waals surface area (Å²) in [5, 5.41) is 0. The van der Waals surface area contributed by atoms with Gasteiger partial charge < -0.3 is 4.74 Å². The number of hydrogen-bond donors (Lipinski definition) is 0. The Balaban J connectivity index is 2.39. The minimum Gasteiger partial charge on any atom is -0.383 e. The standard InChI is InChI=1S/C17H26N2O4/c1-4-5-10-18-15(20)14(13-8-6-7-9-13)16(21)19(17(18)22)12(2)11-23-3/h12H,4-11H2,1-3H3. The van der Waals surface area contributed by atoms with Gasteiger partial charge in [0.15, 0.2) is 0 Å². The summed E-state index contributed by atoms with van der Waals surface area (Å²) in [5.41, 5.74) is 1.13. The monoisotopic (exact) mass is 322 g/mol. The molecule has 2 fully saturated rings. The minimum atomic E-state index is -0.514. The van der Waals surface area contributed by atoms with Gasteiger partial charge in [0, 0.05) is 13.7 Å². The molecule has 0 bridgehead atoms. The molecule has 1 aliphatic carbocycles. The zero-order valence-electron chi connectivity index (χ0n) is 14.3. The number of methoxy groups -OCH3 is 1. The Hall–Kier alpha value is -1.69. The first-order chi connectivity index (χ1) is 11.0. The van der Waals surface area contributed by atoms with Crippen LogP contribution in [0, 0.1) is 0 Å². The Bertz CT molecular complexity index is 519. The number of urea groups is 1. The highest BCUT2D eigenvalue weighted by atomic mass is 16.5. The van der Waals surface area contributed by atoms with Gasteiger partial charge in [0.2, 0.25) is 0 Å². The number of amides is 4. The van der Waals surface area contributed by atoms with Crippen molar-refractivity contribution in [1.82, 2.24) is 9.80 Å². The molecule has 0 N–H and O–H groups in total. The van der Waals surface area contributed by atoms with Crippen molar-refractivity contribution in [3.05, 3.63) is 11.1 Å². The van der Waals surface area contributed by atoms with Crippen molar-refractivity contribution >= 4 is 17.8 Å². The lowest BCUT2D eigenvalue weighted by atomic mass is 10.0. The molecule has 0 spiro atoms. The maximum atomic E-state index is 12.8. The highest BCUT2D eigenvalue weighted by Gasteiger charge is 2.45. The minimum absolute atomic E-state index is 0.223. The molecule has 0 aromatic heterocycles. The van der Waals surface area contributed by atoms with Crippen LogP contribution in [0.3, 0.4) is 0 Å². The van der Waals surface area contributed by atoms with Gasteiger partial charge >= 0.3 is 6.03 Å². The number of carbonyl (C=O) groups excluding carboxylic acids is 3. The molecule has 2 aliphatic rings. The fraction of sp³-hybridized carbons (Fsp3) is 0.706. The second kappa shape index (κ2) is 7.73. The van der Waals surface area contributed by atoms with Crippen molar-refractivity contribution in [2.45, 2.75) is 58.4 Å². The number of allylic oxidation sites excluding steroid dienone is 1. The summed E-state index contributed by atoms with van der Waals surface area (Å²) < 4.78 is 5.09. The van der Waals surface area contributed by atoms with Crippen molar-refractivity contribution in [2.75, 3.05) is 20.3 Å². The summed E-state index contributed by atoms with van der Waals surface area (Å²) >= 11 is 0. The third kappa shape index (κ3) is 3.47. The van der Waals surface area contributed by atoms with Crippen molar-refractivity contribution in [1.29, 1.82) is 0 Å². The number of hydrogen-bond acceptors (Lipinski definition) is 4. The Morgan fingerprint density at radius 2 is 1.78 bits per heavy atom. The number of carbonyl (C=O) groups is 3. The maximum absolute atomic E-state index is 12.8. The van der Waals surface area contributed by atoms with E-state index in [1.54, 1.807) is 6.92 Å². The fourth-order valence-electron chi connectivity index (χ4n) is 3.22. The number of rotatable bonds is 6. The first-order valence-electron chi connectivity index (χ1n) is 8.43. The van der Waals surface area contributed by atoms with Gasteiger partial charge in [-0.05, 0) is 39.0 Å². The zero-order valence-corrected chi connectivity index (χ0v) is 14.3. The summed E-state index contributed by atoms with van der Waals surface area (Å²) in [4.78, 5) is 40.6. The average Bonchev–Trinajstić information content (AvgIpc) is 3.01. The molecule has 1 atom stereocenters. The molecule has 1 heterocycles. The van der Waals surface area contributed by atoms with E-state index in [-0.39, 0.29) is 12.2 Å². The Morgan fingerprint density at radius 1 is 1.13 bits per heavy atom. The number of ether oxygens (including phenoxy) is 1. The van der Waals surface area contributed by atoms with Gasteiger partial charge in [-0.25, -0.2) is 4.79 Å². The number of nitrogens with zero attached hydrogens (tertiary/aromatic N) is 2. The normalized spacial score (nSPS) is 20.7. The fourth-order valence-corrected chi connectivity index (χ4v) is 3.22. The molecule has 6 nitrogen and oxygen atoms in total. The Labute approximate surface area is 137 Å². The molecular weight excluding hydrogens is 296 g/mol. The smallest absolute Gasteiger partial charge is 0.334 e. The highest BCUT2D eigenvalue weighted by Crippen LogP contribution is 2.31. The molecule has 128 valence electrons. The van der Waals surface area contributed by atoms with Crippen LogP contribution in [0.2, 0.25) is 0 Å². The topological polar surface area (TPSA) is 66.9 Å². The number of unbranched alkanes of at least 4 members (excludes halogenated alkanes) is 1. The quantitative estimate of drug-likeness (QED) is 0.556. The molecule has 0 aromatic rings. The third-order valence-corrected chi connectivity index (χ3v) is 4.47. The van der Waals surface area contributed by atoms with Crippen LogP contribution in [-0.4, -0.2) is 53.9 Å². The van der Waals surface area contributed by atoms with Crippen LogP contribution in [0.5, 0.6) is 0 Å². The van der Waals surface area contributed by atoms with Gasteiger partial charge in [-0.3, -0.25) is 19.4 Å². The second-order valence-electron chi connectivity index (χ2n) is 6.26. The summed E-state index contributed by atoms with van der Waals surface area (Å²) in [6.07, 6.45) is 5.15. The molecule has 1 aliphatic heterocycles. The first-order valence-corrected chi connectivity index (χ1v) is 8.43. The predicted molar refractivity (Wildman–Crippen MR) is 85.7 cm³/mol. The molecule has 4 amide bonds. The summed E-state index contributed by atoms with van der Waals surface area (Å²) in [5.74, 6) is -0.861. The van der Waals surface area contributed by atoms with Crippen LogP contribution in [0.25, 0.3) is 0 Å².